The van der Waals surface area contributed by atoms with Crippen molar-refractivity contribution in [2.45, 2.75) is 6.92 Å². The summed E-state index contributed by atoms with van der Waals surface area (Å²) in [7, 11) is 0. The van der Waals surface area contributed by atoms with Crippen LogP contribution in [0.5, 0.6) is 0 Å². The fraction of sp³-hybridized carbons (Fsp3) is 0.0625. The van der Waals surface area contributed by atoms with Gasteiger partial charge in [0, 0.05) is 10.4 Å². The van der Waals surface area contributed by atoms with E-state index in [2.05, 4.69) is 9.97 Å². The fourth-order valence-corrected chi connectivity index (χ4v) is 2.89. The topological polar surface area (TPSA) is 62.8 Å². The summed E-state index contributed by atoms with van der Waals surface area (Å²) in [6, 6.07) is 10.8. The quantitative estimate of drug-likeness (QED) is 0.596. The number of rotatable bonds is 3. The number of ketones is 1. The number of hydrogen-bond acceptors (Lipinski definition) is 4. The van der Waals surface area contributed by atoms with Gasteiger partial charge in [-0.05, 0) is 25.1 Å². The number of aryl methyl sites for hydroxylation is 1. The summed E-state index contributed by atoms with van der Waals surface area (Å²) in [6.07, 6.45) is 2.95. The highest BCUT2D eigenvalue weighted by molar-refractivity contribution is 7.18. The van der Waals surface area contributed by atoms with E-state index in [1.165, 1.54) is 23.5 Å². The van der Waals surface area contributed by atoms with Crippen LogP contribution in [0.1, 0.15) is 21.1 Å². The Balaban J connectivity index is 1.93. The predicted octanol–water partition coefficient (Wildman–Crippen LogP) is 3.19. The third-order valence-corrected chi connectivity index (χ3v) is 3.94. The largest absolute Gasteiger partial charge is 0.306 e. The molecule has 0 aliphatic heterocycles. The van der Waals surface area contributed by atoms with Crippen LogP contribution in [0.3, 0.4) is 0 Å². The molecular weight excluding hydrogens is 284 g/mol. The van der Waals surface area contributed by atoms with Crippen LogP contribution in [0.15, 0.2) is 47.3 Å². The molecule has 4 nitrogen and oxygen atoms in total. The van der Waals surface area contributed by atoms with Crippen molar-refractivity contribution in [1.82, 2.24) is 9.97 Å². The number of nitrogens with one attached hydrogen (secondary N) is 1. The lowest BCUT2D eigenvalue weighted by atomic mass is 10.1. The van der Waals surface area contributed by atoms with E-state index in [0.717, 1.165) is 4.88 Å². The molecule has 0 amide bonds. The van der Waals surface area contributed by atoms with Gasteiger partial charge in [0.2, 0.25) is 0 Å². The third-order valence-electron chi connectivity index (χ3n) is 2.99. The van der Waals surface area contributed by atoms with Gasteiger partial charge in [-0.25, -0.2) is 4.98 Å². The molecule has 1 aromatic carbocycles. The Kier molecular flexibility index (Phi) is 3.50. The highest BCUT2D eigenvalue weighted by Gasteiger charge is 2.06. The Hall–Kier alpha value is -2.53. The van der Waals surface area contributed by atoms with Crippen LogP contribution in [0, 0.1) is 6.92 Å². The number of aromatic nitrogens is 2. The molecule has 0 saturated heterocycles. The molecule has 0 spiro atoms. The molecule has 0 unspecified atom stereocenters. The van der Waals surface area contributed by atoms with E-state index in [4.69, 9.17) is 0 Å². The highest BCUT2D eigenvalue weighted by Crippen LogP contribution is 2.19. The van der Waals surface area contributed by atoms with Crippen LogP contribution in [0.4, 0.5) is 0 Å². The number of fused-ring (bicyclic) bond motifs is 1. The summed E-state index contributed by atoms with van der Waals surface area (Å²) in [6.45, 7) is 1.93. The lowest BCUT2D eigenvalue weighted by Crippen LogP contribution is -2.08. The zero-order valence-corrected chi connectivity index (χ0v) is 12.1. The first kappa shape index (κ1) is 13.5. The van der Waals surface area contributed by atoms with Gasteiger partial charge in [0.1, 0.15) is 10.7 Å². The number of benzene rings is 1. The van der Waals surface area contributed by atoms with Crippen molar-refractivity contribution < 1.29 is 4.79 Å². The zero-order valence-electron chi connectivity index (χ0n) is 11.3. The maximum Gasteiger partial charge on any atom is 0.259 e. The molecule has 2 aromatic heterocycles. The maximum absolute atomic E-state index is 12.0. The van der Waals surface area contributed by atoms with Gasteiger partial charge < -0.3 is 4.98 Å². The molecule has 0 radical (unpaired) electrons. The Bertz CT molecular complexity index is 892. The van der Waals surface area contributed by atoms with E-state index < -0.39 is 0 Å². The first-order valence-electron chi connectivity index (χ1n) is 6.41. The van der Waals surface area contributed by atoms with Crippen molar-refractivity contribution in [1.29, 1.82) is 0 Å². The summed E-state index contributed by atoms with van der Waals surface area (Å²) in [5.74, 6) is 0.263. The molecular formula is C16H12N2O2S. The summed E-state index contributed by atoms with van der Waals surface area (Å²) in [4.78, 5) is 32.6. The highest BCUT2D eigenvalue weighted by atomic mass is 32.1. The molecule has 5 heteroatoms. The SMILES string of the molecule is Cc1cc2c(=O)[nH]c(/C=C/C(=O)c3ccccc3)nc2s1. The van der Waals surface area contributed by atoms with Crippen LogP contribution < -0.4 is 5.56 Å². The van der Waals surface area contributed by atoms with Gasteiger partial charge in [0.25, 0.3) is 5.56 Å². The minimum Gasteiger partial charge on any atom is -0.306 e. The Morgan fingerprint density at radius 2 is 2.05 bits per heavy atom. The lowest BCUT2D eigenvalue weighted by Gasteiger charge is -1.95. The zero-order chi connectivity index (χ0) is 14.8. The molecule has 0 aliphatic rings. The van der Waals surface area contributed by atoms with E-state index >= 15 is 0 Å². The minimum absolute atomic E-state index is 0.124. The number of thiophene rings is 1. The van der Waals surface area contributed by atoms with E-state index in [1.54, 1.807) is 12.1 Å². The maximum atomic E-state index is 12.0. The lowest BCUT2D eigenvalue weighted by molar-refractivity contribution is 0.104. The van der Waals surface area contributed by atoms with Crippen LogP contribution in [0.25, 0.3) is 16.3 Å². The number of allylic oxidation sites excluding steroid dienone is 1. The fourth-order valence-electron chi connectivity index (χ4n) is 2.00. The Morgan fingerprint density at radius 3 is 2.81 bits per heavy atom. The number of hydrogen-bond donors (Lipinski definition) is 1. The summed E-state index contributed by atoms with van der Waals surface area (Å²) in [5.41, 5.74) is 0.417. The second-order valence-corrected chi connectivity index (χ2v) is 5.83. The summed E-state index contributed by atoms with van der Waals surface area (Å²) >= 11 is 1.46. The van der Waals surface area contributed by atoms with E-state index in [0.29, 0.717) is 21.6 Å². The van der Waals surface area contributed by atoms with E-state index in [1.807, 2.05) is 31.2 Å². The Labute approximate surface area is 124 Å². The van der Waals surface area contributed by atoms with Gasteiger partial charge in [-0.3, -0.25) is 9.59 Å². The number of H-pyrrole nitrogens is 1. The summed E-state index contributed by atoms with van der Waals surface area (Å²) < 4.78 is 0. The average Bonchev–Trinajstić information content (AvgIpc) is 2.87. The van der Waals surface area contributed by atoms with Crippen molar-refractivity contribution in [3.63, 3.8) is 0 Å². The van der Waals surface area contributed by atoms with Gasteiger partial charge in [-0.1, -0.05) is 30.3 Å². The van der Waals surface area contributed by atoms with Gasteiger partial charge in [0.05, 0.1) is 5.39 Å². The van der Waals surface area contributed by atoms with Crippen molar-refractivity contribution in [3.05, 3.63) is 69.1 Å². The van der Waals surface area contributed by atoms with Gasteiger partial charge in [-0.15, -0.1) is 11.3 Å². The second kappa shape index (κ2) is 5.46. The first-order valence-corrected chi connectivity index (χ1v) is 7.23. The molecule has 2 heterocycles. The molecule has 3 aromatic rings. The average molecular weight is 296 g/mol. The molecule has 3 rings (SSSR count). The van der Waals surface area contributed by atoms with Crippen LogP contribution in [0.2, 0.25) is 0 Å². The molecule has 0 fully saturated rings. The monoisotopic (exact) mass is 296 g/mol. The second-order valence-electron chi connectivity index (χ2n) is 4.59. The van der Waals surface area contributed by atoms with Crippen molar-refractivity contribution >= 4 is 33.4 Å². The van der Waals surface area contributed by atoms with Crippen LogP contribution in [-0.2, 0) is 0 Å². The number of carbonyl (C=O) groups excluding carboxylic acids is 1. The number of nitrogens with zero attached hydrogens (tertiary/aromatic N) is 1. The normalized spacial score (nSPS) is 11.3. The van der Waals surface area contributed by atoms with Crippen molar-refractivity contribution in [2.24, 2.45) is 0 Å². The number of aromatic amines is 1. The van der Waals surface area contributed by atoms with Crippen molar-refractivity contribution in [3.8, 4) is 0 Å². The number of carbonyl (C=O) groups is 1. The van der Waals surface area contributed by atoms with Crippen LogP contribution in [-0.4, -0.2) is 15.8 Å². The van der Waals surface area contributed by atoms with Crippen LogP contribution >= 0.6 is 11.3 Å². The molecule has 0 aliphatic carbocycles. The van der Waals surface area contributed by atoms with E-state index in [9.17, 15) is 9.59 Å². The molecule has 0 saturated carbocycles. The van der Waals surface area contributed by atoms with E-state index in [-0.39, 0.29) is 11.3 Å². The predicted molar refractivity (Wildman–Crippen MR) is 84.8 cm³/mol. The molecule has 0 atom stereocenters. The van der Waals surface area contributed by atoms with Gasteiger partial charge in [-0.2, -0.15) is 0 Å². The molecule has 0 bridgehead atoms. The standard InChI is InChI=1S/C16H12N2O2S/c1-10-9-12-15(20)17-14(18-16(12)21-10)8-7-13(19)11-5-3-2-4-6-11/h2-9H,1H3,(H,17,18,20)/b8-7+. The molecule has 21 heavy (non-hydrogen) atoms. The Morgan fingerprint density at radius 1 is 1.29 bits per heavy atom. The van der Waals surface area contributed by atoms with Crippen molar-refractivity contribution in [2.75, 3.05) is 0 Å². The first-order chi connectivity index (χ1) is 10.1. The smallest absolute Gasteiger partial charge is 0.259 e. The summed E-state index contributed by atoms with van der Waals surface area (Å²) in [5, 5.41) is 0.587. The molecule has 104 valence electrons. The molecule has 1 N–H and O–H groups in total. The minimum atomic E-state index is -0.184. The van der Waals surface area contributed by atoms with Gasteiger partial charge >= 0.3 is 0 Å². The third kappa shape index (κ3) is 2.83. The van der Waals surface area contributed by atoms with Gasteiger partial charge in [0.15, 0.2) is 5.78 Å².